The predicted octanol–water partition coefficient (Wildman–Crippen LogP) is 4.00. The van der Waals surface area contributed by atoms with Crippen LogP contribution in [-0.2, 0) is 4.79 Å². The molecule has 0 aromatic heterocycles. The molecule has 5 rings (SSSR count). The largest absolute Gasteiger partial charge is 0.481 e. The van der Waals surface area contributed by atoms with Crippen molar-refractivity contribution in [2.24, 2.45) is 56.7 Å². The smallest absolute Gasteiger partial charge is 0.310 e. The monoisotopic (exact) mass is 504 g/mol. The van der Waals surface area contributed by atoms with Crippen LogP contribution in [-0.4, -0.2) is 56.4 Å². The van der Waals surface area contributed by atoms with E-state index < -0.39 is 40.5 Å². The van der Waals surface area contributed by atoms with Crippen molar-refractivity contribution in [3.05, 3.63) is 11.6 Å². The summed E-state index contributed by atoms with van der Waals surface area (Å²) < 4.78 is 0. The lowest BCUT2D eigenvalue weighted by molar-refractivity contribution is -0.273. The molecule has 6 nitrogen and oxygen atoms in total. The highest BCUT2D eigenvalue weighted by Gasteiger charge is 2.72. The molecule has 13 atom stereocenters. The molecule has 0 aromatic carbocycles. The molecule has 5 aliphatic carbocycles. The summed E-state index contributed by atoms with van der Waals surface area (Å²) in [4.78, 5) is 12.8. The molecular weight excluding hydrogens is 456 g/mol. The van der Waals surface area contributed by atoms with Gasteiger partial charge in [-0.15, -0.1) is 0 Å². The molecule has 36 heavy (non-hydrogen) atoms. The third-order valence-corrected chi connectivity index (χ3v) is 13.4. The second-order valence-corrected chi connectivity index (χ2v) is 14.6. The second kappa shape index (κ2) is 8.03. The third kappa shape index (κ3) is 2.96. The van der Waals surface area contributed by atoms with Crippen LogP contribution in [0.15, 0.2) is 11.6 Å². The van der Waals surface area contributed by atoms with E-state index >= 15 is 0 Å². The number of carboxylic acid groups (broad SMARTS) is 1. The number of rotatable bonds is 2. The number of aliphatic carboxylic acids is 1. The maximum atomic E-state index is 12.8. The maximum Gasteiger partial charge on any atom is 0.310 e. The molecule has 0 radical (unpaired) electrons. The number of fused-ring (bicyclic) bond motifs is 7. The van der Waals surface area contributed by atoms with Crippen molar-refractivity contribution in [3.8, 4) is 0 Å². The predicted molar refractivity (Wildman–Crippen MR) is 137 cm³/mol. The van der Waals surface area contributed by atoms with Gasteiger partial charge >= 0.3 is 5.97 Å². The first-order chi connectivity index (χ1) is 16.6. The van der Waals surface area contributed by atoms with Crippen LogP contribution in [0.25, 0.3) is 0 Å². The Morgan fingerprint density at radius 1 is 1.00 bits per heavy atom. The van der Waals surface area contributed by atoms with Crippen molar-refractivity contribution < 1.29 is 30.3 Å². The molecule has 0 spiro atoms. The Balaban J connectivity index is 1.65. The van der Waals surface area contributed by atoms with Gasteiger partial charge in [-0.2, -0.15) is 0 Å². The molecule has 0 heterocycles. The first kappa shape index (κ1) is 26.6. The van der Waals surface area contributed by atoms with Gasteiger partial charge in [-0.05, 0) is 84.9 Å². The maximum absolute atomic E-state index is 12.8. The molecule has 0 aliphatic heterocycles. The molecule has 5 aliphatic rings. The van der Waals surface area contributed by atoms with E-state index in [9.17, 15) is 30.3 Å². The van der Waals surface area contributed by atoms with Gasteiger partial charge in [0.05, 0.1) is 30.3 Å². The van der Waals surface area contributed by atoms with Gasteiger partial charge < -0.3 is 25.5 Å². The molecule has 0 bridgehead atoms. The van der Waals surface area contributed by atoms with Crippen LogP contribution < -0.4 is 0 Å². The van der Waals surface area contributed by atoms with Crippen LogP contribution in [0.1, 0.15) is 86.5 Å². The lowest BCUT2D eigenvalue weighted by Crippen LogP contribution is -2.71. The zero-order chi connectivity index (χ0) is 26.6. The molecule has 5 N–H and O–H groups in total. The first-order valence-electron chi connectivity index (χ1n) is 14.2. The summed E-state index contributed by atoms with van der Waals surface area (Å²) in [5, 5.41) is 54.7. The summed E-state index contributed by atoms with van der Waals surface area (Å²) in [6.07, 6.45) is 4.44. The highest BCUT2D eigenvalue weighted by atomic mass is 16.4. The topological polar surface area (TPSA) is 118 Å². The molecule has 0 aromatic rings. The van der Waals surface area contributed by atoms with Crippen LogP contribution in [0.4, 0.5) is 0 Å². The van der Waals surface area contributed by atoms with E-state index in [2.05, 4.69) is 40.7 Å². The average molecular weight is 505 g/mol. The van der Waals surface area contributed by atoms with Gasteiger partial charge in [0.15, 0.2) is 0 Å². The molecule has 4 saturated carbocycles. The second-order valence-electron chi connectivity index (χ2n) is 14.6. The number of aliphatic hydroxyl groups is 4. The highest BCUT2D eigenvalue weighted by Crippen LogP contribution is 2.75. The van der Waals surface area contributed by atoms with Crippen LogP contribution in [0.5, 0.6) is 0 Å². The summed E-state index contributed by atoms with van der Waals surface area (Å²) in [6.45, 7) is 12.8. The number of carboxylic acids is 1. The zero-order valence-electron chi connectivity index (χ0n) is 23.0. The van der Waals surface area contributed by atoms with Crippen LogP contribution in [0, 0.1) is 56.7 Å². The van der Waals surface area contributed by atoms with Gasteiger partial charge in [0, 0.05) is 11.3 Å². The van der Waals surface area contributed by atoms with E-state index in [0.717, 1.165) is 25.7 Å². The molecule has 4 fully saturated rings. The molecule has 6 heteroatoms. The summed E-state index contributed by atoms with van der Waals surface area (Å²) >= 11 is 0. The Kier molecular flexibility index (Phi) is 5.95. The summed E-state index contributed by atoms with van der Waals surface area (Å²) in [7, 11) is 0. The minimum Gasteiger partial charge on any atom is -0.481 e. The number of hydrogen-bond donors (Lipinski definition) is 5. The summed E-state index contributed by atoms with van der Waals surface area (Å²) in [6, 6.07) is 0. The van der Waals surface area contributed by atoms with E-state index in [1.54, 1.807) is 0 Å². The van der Waals surface area contributed by atoms with Crippen molar-refractivity contribution in [3.63, 3.8) is 0 Å². The number of carbonyl (C=O) groups is 1. The number of allylic oxidation sites excluding steroid dienone is 2. The Labute approximate surface area is 216 Å². The minimum atomic E-state index is -1.08. The van der Waals surface area contributed by atoms with E-state index in [0.29, 0.717) is 25.2 Å². The van der Waals surface area contributed by atoms with Crippen molar-refractivity contribution >= 4 is 5.97 Å². The molecular formula is C30H48O6. The normalized spacial score (nSPS) is 58.6. The fourth-order valence-corrected chi connectivity index (χ4v) is 11.2. The van der Waals surface area contributed by atoms with Gasteiger partial charge in [0.2, 0.25) is 0 Å². The Morgan fingerprint density at radius 3 is 2.28 bits per heavy atom. The van der Waals surface area contributed by atoms with Crippen molar-refractivity contribution in [2.45, 2.75) is 105 Å². The molecule has 0 amide bonds. The molecule has 0 saturated heterocycles. The molecule has 204 valence electrons. The van der Waals surface area contributed by atoms with Gasteiger partial charge in [-0.3, -0.25) is 4.79 Å². The van der Waals surface area contributed by atoms with E-state index in [1.165, 1.54) is 5.57 Å². The van der Waals surface area contributed by atoms with Crippen molar-refractivity contribution in [2.75, 3.05) is 6.61 Å². The SMILES string of the molecule is CC1CCC2(C(=O)O)CCC3(C)C(=CCC4[C@@]5(C)C[C@@H](O)[C@H](O)[C@@](C)(CO)[C@@H]5[C@H](O)C[C@]43C)[C@@H]2C1C. The van der Waals surface area contributed by atoms with Crippen molar-refractivity contribution in [1.82, 2.24) is 0 Å². The third-order valence-electron chi connectivity index (χ3n) is 13.4. The number of aliphatic hydroxyl groups excluding tert-OH is 4. The highest BCUT2D eigenvalue weighted by molar-refractivity contribution is 5.76. The first-order valence-corrected chi connectivity index (χ1v) is 14.2. The van der Waals surface area contributed by atoms with Gasteiger partial charge in [0.1, 0.15) is 0 Å². The summed E-state index contributed by atoms with van der Waals surface area (Å²) in [5.41, 5.74) is -1.41. The van der Waals surface area contributed by atoms with E-state index in [1.807, 2.05) is 6.92 Å². The minimum absolute atomic E-state index is 0.000534. The number of hydrogen-bond acceptors (Lipinski definition) is 5. The quantitative estimate of drug-likeness (QED) is 0.363. The Morgan fingerprint density at radius 2 is 1.67 bits per heavy atom. The Hall–Kier alpha value is -0.950. The van der Waals surface area contributed by atoms with E-state index in [-0.39, 0.29) is 41.1 Å². The Bertz CT molecular complexity index is 963. The van der Waals surface area contributed by atoms with Gasteiger partial charge in [-0.25, -0.2) is 0 Å². The van der Waals surface area contributed by atoms with Crippen LogP contribution >= 0.6 is 0 Å². The average Bonchev–Trinajstić information content (AvgIpc) is 2.80. The lowest BCUT2D eigenvalue weighted by atomic mass is 9.32. The van der Waals surface area contributed by atoms with Gasteiger partial charge in [-0.1, -0.05) is 53.2 Å². The van der Waals surface area contributed by atoms with Crippen LogP contribution in [0.2, 0.25) is 0 Å². The lowest BCUT2D eigenvalue weighted by Gasteiger charge is -2.72. The van der Waals surface area contributed by atoms with Crippen LogP contribution in [0.3, 0.4) is 0 Å². The fraction of sp³-hybridized carbons (Fsp3) is 0.900. The molecule has 5 unspecified atom stereocenters. The van der Waals surface area contributed by atoms with Crippen molar-refractivity contribution in [1.29, 1.82) is 0 Å². The standard InChI is InChI=1S/C30H48O6/c1-16-9-10-30(25(35)36)12-11-28(5)18(22(30)17(16)2)7-8-21-26(3)13-20(33)24(34)27(4,15-31)23(26)19(32)14-29(21,28)6/h7,16-17,19-24,31-34H,8-15H2,1-6H3,(H,35,36)/t16?,17?,19-,20-,21?,22+,23-,24+,26-,27+,28?,29-,30?/m1/s1. The fourth-order valence-electron chi connectivity index (χ4n) is 11.2. The zero-order valence-corrected chi connectivity index (χ0v) is 23.0. The van der Waals surface area contributed by atoms with Gasteiger partial charge in [0.25, 0.3) is 0 Å². The van der Waals surface area contributed by atoms with E-state index in [4.69, 9.17) is 0 Å². The summed E-state index contributed by atoms with van der Waals surface area (Å²) in [5.74, 6) is -0.0914.